The van der Waals surface area contributed by atoms with Crippen molar-refractivity contribution in [3.63, 3.8) is 0 Å². The molecule has 1 aromatic carbocycles. The SMILES string of the molecule is COc1cncc(N2CCN(CC(=O)N(Cc3ccco3)c3ccccc3)CC2)n1. The number of hydrogen-bond donors (Lipinski definition) is 0. The normalized spacial score (nSPS) is 14.5. The third-order valence-corrected chi connectivity index (χ3v) is 5.13. The summed E-state index contributed by atoms with van der Waals surface area (Å²) in [5, 5.41) is 0. The van der Waals surface area contributed by atoms with Crippen LogP contribution in [0, 0.1) is 0 Å². The number of furan rings is 1. The maximum Gasteiger partial charge on any atom is 0.241 e. The molecule has 0 spiro atoms. The summed E-state index contributed by atoms with van der Waals surface area (Å²) in [6.07, 6.45) is 4.96. The fourth-order valence-corrected chi connectivity index (χ4v) is 3.49. The van der Waals surface area contributed by atoms with E-state index in [9.17, 15) is 4.79 Å². The van der Waals surface area contributed by atoms with Crippen LogP contribution in [-0.2, 0) is 11.3 Å². The molecule has 3 aromatic rings. The molecule has 156 valence electrons. The summed E-state index contributed by atoms with van der Waals surface area (Å²) in [6, 6.07) is 13.4. The van der Waals surface area contributed by atoms with Gasteiger partial charge in [-0.3, -0.25) is 14.7 Å². The number of piperazine rings is 1. The van der Waals surface area contributed by atoms with Crippen LogP contribution in [0.5, 0.6) is 5.88 Å². The Morgan fingerprint density at radius 1 is 1.10 bits per heavy atom. The molecule has 0 bridgehead atoms. The second-order valence-corrected chi connectivity index (χ2v) is 7.08. The molecular weight excluding hydrogens is 382 g/mol. The van der Waals surface area contributed by atoms with E-state index in [-0.39, 0.29) is 5.91 Å². The summed E-state index contributed by atoms with van der Waals surface area (Å²) in [5.41, 5.74) is 0.865. The molecule has 1 aliphatic heterocycles. The largest absolute Gasteiger partial charge is 0.480 e. The zero-order chi connectivity index (χ0) is 20.8. The molecule has 0 saturated carbocycles. The molecule has 0 atom stereocenters. The number of aromatic nitrogens is 2. The number of anilines is 2. The Morgan fingerprint density at radius 2 is 1.90 bits per heavy atom. The van der Waals surface area contributed by atoms with Crippen molar-refractivity contribution in [2.45, 2.75) is 6.54 Å². The lowest BCUT2D eigenvalue weighted by Crippen LogP contribution is -2.50. The van der Waals surface area contributed by atoms with Crippen LogP contribution >= 0.6 is 0 Å². The van der Waals surface area contributed by atoms with Crippen molar-refractivity contribution in [2.75, 3.05) is 49.6 Å². The first kappa shape index (κ1) is 19.9. The van der Waals surface area contributed by atoms with Crippen molar-refractivity contribution in [1.82, 2.24) is 14.9 Å². The van der Waals surface area contributed by atoms with Gasteiger partial charge in [0.05, 0.1) is 38.9 Å². The maximum absolute atomic E-state index is 13.2. The van der Waals surface area contributed by atoms with Crippen LogP contribution in [0.2, 0.25) is 0 Å². The number of hydrogen-bond acceptors (Lipinski definition) is 7. The average molecular weight is 407 g/mol. The molecule has 0 aliphatic carbocycles. The van der Waals surface area contributed by atoms with Crippen LogP contribution in [0.3, 0.4) is 0 Å². The van der Waals surface area contributed by atoms with Crippen LogP contribution in [0.1, 0.15) is 5.76 Å². The van der Waals surface area contributed by atoms with Crippen LogP contribution < -0.4 is 14.5 Å². The quantitative estimate of drug-likeness (QED) is 0.595. The molecule has 2 aromatic heterocycles. The van der Waals surface area contributed by atoms with Gasteiger partial charge in [-0.15, -0.1) is 0 Å². The fourth-order valence-electron chi connectivity index (χ4n) is 3.49. The van der Waals surface area contributed by atoms with Gasteiger partial charge in [-0.1, -0.05) is 18.2 Å². The zero-order valence-electron chi connectivity index (χ0n) is 17.0. The number of carbonyl (C=O) groups is 1. The van der Waals surface area contributed by atoms with Crippen molar-refractivity contribution in [3.05, 3.63) is 66.9 Å². The molecule has 30 heavy (non-hydrogen) atoms. The second-order valence-electron chi connectivity index (χ2n) is 7.08. The van der Waals surface area contributed by atoms with Crippen LogP contribution in [0.4, 0.5) is 11.5 Å². The number of rotatable bonds is 7. The smallest absolute Gasteiger partial charge is 0.241 e. The summed E-state index contributed by atoms with van der Waals surface area (Å²) >= 11 is 0. The topological polar surface area (TPSA) is 74.9 Å². The number of amides is 1. The molecule has 8 heteroatoms. The monoisotopic (exact) mass is 407 g/mol. The molecule has 1 amide bonds. The van der Waals surface area contributed by atoms with Crippen LogP contribution in [0.15, 0.2) is 65.5 Å². The first-order chi connectivity index (χ1) is 14.7. The highest BCUT2D eigenvalue weighted by Crippen LogP contribution is 2.19. The molecule has 8 nitrogen and oxygen atoms in total. The Morgan fingerprint density at radius 3 is 2.60 bits per heavy atom. The number of nitrogens with zero attached hydrogens (tertiary/aromatic N) is 5. The highest BCUT2D eigenvalue weighted by atomic mass is 16.5. The van der Waals surface area contributed by atoms with Gasteiger partial charge in [0.15, 0.2) is 5.82 Å². The molecule has 0 radical (unpaired) electrons. The van der Waals surface area contributed by atoms with Crippen LogP contribution in [-0.4, -0.2) is 60.6 Å². The second kappa shape index (κ2) is 9.41. The molecule has 1 aliphatic rings. The number of methoxy groups -OCH3 is 1. The van der Waals surface area contributed by atoms with Gasteiger partial charge in [-0.25, -0.2) is 0 Å². The predicted molar refractivity (Wildman–Crippen MR) is 114 cm³/mol. The molecule has 0 N–H and O–H groups in total. The zero-order valence-corrected chi connectivity index (χ0v) is 17.0. The van der Waals surface area contributed by atoms with E-state index in [0.29, 0.717) is 19.0 Å². The highest BCUT2D eigenvalue weighted by molar-refractivity contribution is 5.94. The molecule has 0 unspecified atom stereocenters. The Bertz CT molecular complexity index is 940. The van der Waals surface area contributed by atoms with Gasteiger partial charge in [-0.05, 0) is 24.3 Å². The number of carbonyl (C=O) groups excluding carboxylic acids is 1. The lowest BCUT2D eigenvalue weighted by atomic mass is 10.2. The molecule has 1 saturated heterocycles. The highest BCUT2D eigenvalue weighted by Gasteiger charge is 2.24. The lowest BCUT2D eigenvalue weighted by Gasteiger charge is -2.35. The standard InChI is InChI=1S/C22H25N5O3/c1-29-21-15-23-14-20(24-21)26-11-9-25(10-12-26)17-22(28)27(16-19-8-5-13-30-19)18-6-3-2-4-7-18/h2-8,13-15H,9-12,16-17H2,1H3. The third kappa shape index (κ3) is 4.77. The van der Waals surface area contributed by atoms with Gasteiger partial charge < -0.3 is 19.0 Å². The van der Waals surface area contributed by atoms with E-state index >= 15 is 0 Å². The number of para-hydroxylation sites is 1. The van der Waals surface area contributed by atoms with Gasteiger partial charge in [0.1, 0.15) is 5.76 Å². The van der Waals surface area contributed by atoms with E-state index in [1.165, 1.54) is 0 Å². The Kier molecular flexibility index (Phi) is 6.24. The summed E-state index contributed by atoms with van der Waals surface area (Å²) in [7, 11) is 1.58. The van der Waals surface area contributed by atoms with E-state index in [4.69, 9.17) is 9.15 Å². The van der Waals surface area contributed by atoms with E-state index < -0.39 is 0 Å². The minimum absolute atomic E-state index is 0.0484. The van der Waals surface area contributed by atoms with Gasteiger partial charge in [0.25, 0.3) is 0 Å². The van der Waals surface area contributed by atoms with Crippen molar-refractivity contribution in [3.8, 4) is 5.88 Å². The van der Waals surface area contributed by atoms with E-state index in [1.807, 2.05) is 42.5 Å². The molecular formula is C22H25N5O3. The summed E-state index contributed by atoms with van der Waals surface area (Å²) in [5.74, 6) is 2.10. The van der Waals surface area contributed by atoms with E-state index in [1.54, 1.807) is 30.7 Å². The lowest BCUT2D eigenvalue weighted by molar-refractivity contribution is -0.120. The summed E-state index contributed by atoms with van der Waals surface area (Å²) in [6.45, 7) is 3.86. The van der Waals surface area contributed by atoms with Gasteiger partial charge in [-0.2, -0.15) is 4.98 Å². The first-order valence-electron chi connectivity index (χ1n) is 9.94. The maximum atomic E-state index is 13.2. The van der Waals surface area contributed by atoms with Crippen molar-refractivity contribution < 1.29 is 13.9 Å². The van der Waals surface area contributed by atoms with Crippen molar-refractivity contribution in [2.24, 2.45) is 0 Å². The summed E-state index contributed by atoms with van der Waals surface area (Å²) < 4.78 is 10.6. The molecule has 3 heterocycles. The number of benzene rings is 1. The average Bonchev–Trinajstić information content (AvgIpc) is 3.32. The third-order valence-electron chi connectivity index (χ3n) is 5.13. The summed E-state index contributed by atoms with van der Waals surface area (Å²) in [4.78, 5) is 27.9. The Hall–Kier alpha value is -3.39. The Labute approximate surface area is 175 Å². The fraction of sp³-hybridized carbons (Fsp3) is 0.318. The minimum Gasteiger partial charge on any atom is -0.480 e. The van der Waals surface area contributed by atoms with Crippen LogP contribution in [0.25, 0.3) is 0 Å². The van der Waals surface area contributed by atoms with Gasteiger partial charge in [0, 0.05) is 31.9 Å². The van der Waals surface area contributed by atoms with Crippen molar-refractivity contribution in [1.29, 1.82) is 0 Å². The van der Waals surface area contributed by atoms with E-state index in [2.05, 4.69) is 19.8 Å². The minimum atomic E-state index is 0.0484. The number of ether oxygens (including phenoxy) is 1. The molecule has 4 rings (SSSR count). The predicted octanol–water partition coefficient (Wildman–Crippen LogP) is 2.43. The van der Waals surface area contributed by atoms with E-state index in [0.717, 1.165) is 43.4 Å². The molecule has 1 fully saturated rings. The van der Waals surface area contributed by atoms with Gasteiger partial charge >= 0.3 is 0 Å². The van der Waals surface area contributed by atoms with Crippen molar-refractivity contribution >= 4 is 17.4 Å². The van der Waals surface area contributed by atoms with Gasteiger partial charge in [0.2, 0.25) is 11.8 Å². The Balaban J connectivity index is 1.38. The first-order valence-corrected chi connectivity index (χ1v) is 9.94.